The Morgan fingerprint density at radius 3 is 2.27 bits per heavy atom. The molecule has 26 heavy (non-hydrogen) atoms. The maximum atomic E-state index is 12.6. The van der Waals surface area contributed by atoms with Gasteiger partial charge in [-0.1, -0.05) is 38.1 Å². The van der Waals surface area contributed by atoms with Crippen molar-refractivity contribution in [3.63, 3.8) is 0 Å². The summed E-state index contributed by atoms with van der Waals surface area (Å²) in [7, 11) is -3.53. The van der Waals surface area contributed by atoms with Crippen LogP contribution >= 0.6 is 0 Å². The van der Waals surface area contributed by atoms with Crippen molar-refractivity contribution >= 4 is 15.7 Å². The van der Waals surface area contributed by atoms with Crippen LogP contribution in [-0.2, 0) is 21.2 Å². The highest BCUT2D eigenvalue weighted by Gasteiger charge is 2.34. The minimum Gasteiger partial charge on any atom is -0.390 e. The number of aliphatic hydroxyl groups is 1. The zero-order chi connectivity index (χ0) is 19.5. The third-order valence-corrected chi connectivity index (χ3v) is 6.19. The third kappa shape index (κ3) is 6.72. The van der Waals surface area contributed by atoms with E-state index in [-0.39, 0.29) is 24.1 Å². The predicted molar refractivity (Wildman–Crippen MR) is 104 cm³/mol. The topological polar surface area (TPSA) is 74.7 Å². The minimum absolute atomic E-state index is 0.128. The van der Waals surface area contributed by atoms with Crippen molar-refractivity contribution in [2.45, 2.75) is 71.1 Å². The van der Waals surface area contributed by atoms with Crippen LogP contribution in [0.15, 0.2) is 24.3 Å². The average molecular weight is 382 g/mol. The lowest BCUT2D eigenvalue weighted by atomic mass is 10.0. The molecule has 0 spiro atoms. The number of sulfone groups is 1. The number of hydrogen-bond acceptors (Lipinski definition) is 4. The Morgan fingerprint density at radius 1 is 1.23 bits per heavy atom. The summed E-state index contributed by atoms with van der Waals surface area (Å²) in [6.07, 6.45) is 1.99. The molecule has 1 N–H and O–H groups in total. The maximum Gasteiger partial charge on any atom is 0.238 e. The summed E-state index contributed by atoms with van der Waals surface area (Å²) >= 11 is 0. The van der Waals surface area contributed by atoms with Crippen LogP contribution in [0, 0.1) is 0 Å². The largest absolute Gasteiger partial charge is 0.390 e. The van der Waals surface area contributed by atoms with Gasteiger partial charge in [0.05, 0.1) is 11.4 Å². The Kier molecular flexibility index (Phi) is 6.51. The average Bonchev–Trinajstić information content (AvgIpc) is 3.35. The first-order valence-electron chi connectivity index (χ1n) is 9.28. The molecule has 1 aliphatic rings. The van der Waals surface area contributed by atoms with Gasteiger partial charge in [0.15, 0.2) is 9.84 Å². The normalized spacial score (nSPS) is 15.3. The zero-order valence-corrected chi connectivity index (χ0v) is 17.1. The van der Waals surface area contributed by atoms with Crippen LogP contribution in [0.1, 0.15) is 64.0 Å². The van der Waals surface area contributed by atoms with Crippen molar-refractivity contribution in [2.75, 3.05) is 11.5 Å². The van der Waals surface area contributed by atoms with Crippen LogP contribution in [0.2, 0.25) is 0 Å². The monoisotopic (exact) mass is 381 g/mol. The summed E-state index contributed by atoms with van der Waals surface area (Å²) in [5, 5.41) is 9.72. The first kappa shape index (κ1) is 20.9. The number of carbonyl (C=O) groups is 1. The van der Waals surface area contributed by atoms with E-state index in [4.69, 9.17) is 0 Å². The highest BCUT2D eigenvalue weighted by molar-refractivity contribution is 7.92. The summed E-state index contributed by atoms with van der Waals surface area (Å²) in [5.41, 5.74) is 1.21. The van der Waals surface area contributed by atoms with Crippen molar-refractivity contribution in [1.29, 1.82) is 0 Å². The van der Waals surface area contributed by atoms with E-state index < -0.39 is 21.2 Å². The molecule has 0 unspecified atom stereocenters. The van der Waals surface area contributed by atoms with Crippen molar-refractivity contribution in [1.82, 2.24) is 4.90 Å². The summed E-state index contributed by atoms with van der Waals surface area (Å²) in [6.45, 7) is 7.85. The predicted octanol–water partition coefficient (Wildman–Crippen LogP) is 2.88. The Balaban J connectivity index is 2.01. The van der Waals surface area contributed by atoms with Crippen LogP contribution in [0.25, 0.3) is 0 Å². The van der Waals surface area contributed by atoms with Crippen molar-refractivity contribution in [3.8, 4) is 0 Å². The molecule has 0 radical (unpaired) electrons. The molecule has 0 saturated heterocycles. The van der Waals surface area contributed by atoms with Crippen LogP contribution < -0.4 is 0 Å². The summed E-state index contributed by atoms with van der Waals surface area (Å²) < 4.78 is 24.5. The third-order valence-electron chi connectivity index (χ3n) is 4.68. The number of carbonyl (C=O) groups excluding carboxylic acids is 1. The number of amides is 1. The second kappa shape index (κ2) is 8.09. The summed E-state index contributed by atoms with van der Waals surface area (Å²) in [6, 6.07) is 8.31. The molecule has 0 bridgehead atoms. The maximum absolute atomic E-state index is 12.6. The van der Waals surface area contributed by atoms with E-state index in [1.165, 1.54) is 5.56 Å². The molecular weight excluding hydrogens is 350 g/mol. The van der Waals surface area contributed by atoms with Crippen LogP contribution in [0.3, 0.4) is 0 Å². The van der Waals surface area contributed by atoms with Gasteiger partial charge in [0.2, 0.25) is 5.91 Å². The molecule has 0 heterocycles. The summed E-state index contributed by atoms with van der Waals surface area (Å²) in [5.74, 6) is -0.546. The van der Waals surface area contributed by atoms with Gasteiger partial charge in [0, 0.05) is 12.6 Å². The molecule has 1 saturated carbocycles. The van der Waals surface area contributed by atoms with Gasteiger partial charge in [-0.25, -0.2) is 8.42 Å². The lowest BCUT2D eigenvalue weighted by molar-refractivity contribution is -0.129. The standard InChI is InChI=1S/C20H31NO4S/c1-15(2)17-7-5-16(6-8-17)13-21(18-9-10-18)19(22)14-26(24,25)12-11-20(3,4)23/h5-8,15,18,23H,9-14H2,1-4H3. The summed E-state index contributed by atoms with van der Waals surface area (Å²) in [4.78, 5) is 14.3. The van der Waals surface area contributed by atoms with Crippen LogP contribution in [-0.4, -0.2) is 47.5 Å². The molecule has 1 aromatic carbocycles. The van der Waals surface area contributed by atoms with Gasteiger partial charge in [-0.05, 0) is 50.2 Å². The van der Waals surface area contributed by atoms with Gasteiger partial charge in [-0.15, -0.1) is 0 Å². The quantitative estimate of drug-likeness (QED) is 0.714. The lowest BCUT2D eigenvalue weighted by Crippen LogP contribution is -2.38. The fourth-order valence-electron chi connectivity index (χ4n) is 2.76. The smallest absolute Gasteiger partial charge is 0.238 e. The fraction of sp³-hybridized carbons (Fsp3) is 0.650. The minimum atomic E-state index is -3.53. The van der Waals surface area contributed by atoms with E-state index >= 15 is 0 Å². The van der Waals surface area contributed by atoms with Gasteiger partial charge < -0.3 is 10.0 Å². The van der Waals surface area contributed by atoms with E-state index in [0.29, 0.717) is 12.5 Å². The molecule has 2 rings (SSSR count). The Labute approximate surface area is 157 Å². The fourth-order valence-corrected chi connectivity index (χ4v) is 4.26. The zero-order valence-electron chi connectivity index (χ0n) is 16.2. The molecule has 5 nitrogen and oxygen atoms in total. The van der Waals surface area contributed by atoms with Gasteiger partial charge in [0.1, 0.15) is 5.75 Å². The van der Waals surface area contributed by atoms with E-state index in [9.17, 15) is 18.3 Å². The van der Waals surface area contributed by atoms with Crippen molar-refractivity contribution in [3.05, 3.63) is 35.4 Å². The van der Waals surface area contributed by atoms with Crippen molar-refractivity contribution in [2.24, 2.45) is 0 Å². The SMILES string of the molecule is CC(C)c1ccc(CN(C(=O)CS(=O)(=O)CCC(C)(C)O)C2CC2)cc1. The van der Waals surface area contributed by atoms with Crippen LogP contribution in [0.5, 0.6) is 0 Å². The van der Waals surface area contributed by atoms with Crippen molar-refractivity contribution < 1.29 is 18.3 Å². The molecule has 1 fully saturated rings. The second-order valence-corrected chi connectivity index (χ2v) is 10.5. The first-order valence-corrected chi connectivity index (χ1v) is 11.1. The van der Waals surface area contributed by atoms with E-state index in [1.807, 2.05) is 12.1 Å². The van der Waals surface area contributed by atoms with E-state index in [2.05, 4.69) is 26.0 Å². The molecule has 0 atom stereocenters. The molecular formula is C20H31NO4S. The second-order valence-electron chi connectivity index (χ2n) is 8.30. The van der Waals surface area contributed by atoms with Gasteiger partial charge in [-0.3, -0.25) is 4.79 Å². The number of nitrogens with zero attached hydrogens (tertiary/aromatic N) is 1. The Hall–Kier alpha value is -1.40. The molecule has 1 amide bonds. The number of benzene rings is 1. The van der Waals surface area contributed by atoms with Crippen LogP contribution in [0.4, 0.5) is 0 Å². The highest BCUT2D eigenvalue weighted by Crippen LogP contribution is 2.29. The van der Waals surface area contributed by atoms with E-state index in [0.717, 1.165) is 18.4 Å². The first-order chi connectivity index (χ1) is 12.0. The Morgan fingerprint density at radius 2 is 1.81 bits per heavy atom. The molecule has 146 valence electrons. The van der Waals surface area contributed by atoms with Gasteiger partial charge in [-0.2, -0.15) is 0 Å². The van der Waals surface area contributed by atoms with E-state index in [1.54, 1.807) is 18.7 Å². The molecule has 0 aliphatic heterocycles. The molecule has 0 aromatic heterocycles. The lowest BCUT2D eigenvalue weighted by Gasteiger charge is -2.23. The van der Waals surface area contributed by atoms with Gasteiger partial charge in [0.25, 0.3) is 0 Å². The molecule has 1 aromatic rings. The number of rotatable bonds is 9. The molecule has 1 aliphatic carbocycles. The van der Waals surface area contributed by atoms with Gasteiger partial charge >= 0.3 is 0 Å². The molecule has 6 heteroatoms. The highest BCUT2D eigenvalue weighted by atomic mass is 32.2. The number of hydrogen-bond donors (Lipinski definition) is 1. The Bertz CT molecular complexity index is 713.